The van der Waals surface area contributed by atoms with Crippen molar-refractivity contribution in [3.8, 4) is 11.3 Å². The molecule has 3 N–H and O–H groups in total. The van der Waals surface area contributed by atoms with E-state index in [9.17, 15) is 4.79 Å². The Balaban J connectivity index is 2.01. The zero-order valence-corrected chi connectivity index (χ0v) is 11.8. The Morgan fingerprint density at radius 3 is 2.75 bits per heavy atom. The van der Waals surface area contributed by atoms with Crippen LogP contribution in [-0.2, 0) is 11.3 Å². The van der Waals surface area contributed by atoms with Crippen molar-refractivity contribution in [2.24, 2.45) is 5.73 Å². The lowest BCUT2D eigenvalue weighted by atomic mass is 10.2. The number of carbonyl (C=O) groups excluding carboxylic acids is 1. The van der Waals surface area contributed by atoms with Crippen molar-refractivity contribution >= 4 is 5.91 Å². The molecule has 20 heavy (non-hydrogen) atoms. The van der Waals surface area contributed by atoms with Crippen LogP contribution < -0.4 is 5.73 Å². The van der Waals surface area contributed by atoms with Crippen LogP contribution in [0.4, 0.5) is 0 Å². The molecule has 5 nitrogen and oxygen atoms in total. The molecule has 0 fully saturated rings. The van der Waals surface area contributed by atoms with Gasteiger partial charge >= 0.3 is 0 Å². The average molecular weight is 272 g/mol. The second kappa shape index (κ2) is 6.34. The van der Waals surface area contributed by atoms with Crippen molar-refractivity contribution in [3.05, 3.63) is 42.4 Å². The Kier molecular flexibility index (Phi) is 4.53. The summed E-state index contributed by atoms with van der Waals surface area (Å²) in [4.78, 5) is 21.0. The maximum Gasteiger partial charge on any atom is 0.224 e. The molecule has 0 spiro atoms. The normalized spacial score (nSPS) is 12.2. The van der Waals surface area contributed by atoms with E-state index in [2.05, 4.69) is 9.97 Å². The van der Waals surface area contributed by atoms with Crippen molar-refractivity contribution in [2.75, 3.05) is 7.05 Å². The molecule has 0 radical (unpaired) electrons. The first-order chi connectivity index (χ1) is 9.56. The Labute approximate surface area is 118 Å². The minimum absolute atomic E-state index is 0.0256. The van der Waals surface area contributed by atoms with Gasteiger partial charge < -0.3 is 15.6 Å². The number of hydrogen-bond acceptors (Lipinski definition) is 3. The maximum absolute atomic E-state index is 11.8. The fourth-order valence-electron chi connectivity index (χ4n) is 1.95. The summed E-state index contributed by atoms with van der Waals surface area (Å²) in [6.07, 6.45) is 2.14. The van der Waals surface area contributed by atoms with Crippen molar-refractivity contribution in [1.82, 2.24) is 14.9 Å². The van der Waals surface area contributed by atoms with Crippen LogP contribution in [-0.4, -0.2) is 33.9 Å². The SMILES string of the molecule is CC(N)CC(=O)N(C)Cc1ncc(-c2ccccc2)[nH]1. The molecule has 5 heteroatoms. The smallest absolute Gasteiger partial charge is 0.224 e. The zero-order chi connectivity index (χ0) is 14.5. The molecule has 0 saturated carbocycles. The third-order valence-corrected chi connectivity index (χ3v) is 3.02. The topological polar surface area (TPSA) is 75.0 Å². The van der Waals surface area contributed by atoms with Gasteiger partial charge in [0.15, 0.2) is 0 Å². The molecule has 1 atom stereocenters. The quantitative estimate of drug-likeness (QED) is 0.871. The standard InChI is InChI=1S/C15H20N4O/c1-11(16)8-15(20)19(2)10-14-17-9-13(18-14)12-6-4-3-5-7-12/h3-7,9,11H,8,10,16H2,1-2H3,(H,17,18). The summed E-state index contributed by atoms with van der Waals surface area (Å²) in [5.74, 6) is 0.794. The van der Waals surface area contributed by atoms with Gasteiger partial charge in [0.1, 0.15) is 5.82 Å². The summed E-state index contributed by atoms with van der Waals surface area (Å²) >= 11 is 0. The van der Waals surface area contributed by atoms with Gasteiger partial charge in [0.2, 0.25) is 5.91 Å². The van der Waals surface area contributed by atoms with Crippen LogP contribution in [0.15, 0.2) is 36.5 Å². The average Bonchev–Trinajstić information content (AvgIpc) is 2.87. The van der Waals surface area contributed by atoms with E-state index in [0.717, 1.165) is 17.1 Å². The molecular weight excluding hydrogens is 252 g/mol. The lowest BCUT2D eigenvalue weighted by Crippen LogP contribution is -2.31. The third kappa shape index (κ3) is 3.68. The summed E-state index contributed by atoms with van der Waals surface area (Å²) < 4.78 is 0. The number of nitrogens with one attached hydrogen (secondary N) is 1. The molecule has 0 aliphatic heterocycles. The van der Waals surface area contributed by atoms with Crippen molar-refractivity contribution in [3.63, 3.8) is 0 Å². The molecule has 1 unspecified atom stereocenters. The number of aromatic amines is 1. The van der Waals surface area contributed by atoms with Crippen LogP contribution in [0.25, 0.3) is 11.3 Å². The molecule has 1 heterocycles. The van der Waals surface area contributed by atoms with Gasteiger partial charge in [-0.2, -0.15) is 0 Å². The molecule has 2 rings (SSSR count). The van der Waals surface area contributed by atoms with E-state index in [1.807, 2.05) is 37.3 Å². The van der Waals surface area contributed by atoms with E-state index in [-0.39, 0.29) is 11.9 Å². The number of aromatic nitrogens is 2. The Bertz CT molecular complexity index is 562. The molecule has 0 bridgehead atoms. The molecule has 1 amide bonds. The zero-order valence-electron chi connectivity index (χ0n) is 11.8. The summed E-state index contributed by atoms with van der Waals surface area (Å²) in [5, 5.41) is 0. The van der Waals surface area contributed by atoms with Gasteiger partial charge in [0.05, 0.1) is 18.4 Å². The van der Waals surface area contributed by atoms with E-state index in [1.165, 1.54) is 0 Å². The number of rotatable bonds is 5. The lowest BCUT2D eigenvalue weighted by Gasteiger charge is -2.16. The number of hydrogen-bond donors (Lipinski definition) is 2. The fourth-order valence-corrected chi connectivity index (χ4v) is 1.95. The monoisotopic (exact) mass is 272 g/mol. The number of amides is 1. The van der Waals surface area contributed by atoms with Crippen molar-refractivity contribution in [1.29, 1.82) is 0 Å². The predicted molar refractivity (Wildman–Crippen MR) is 78.8 cm³/mol. The number of benzene rings is 1. The van der Waals surface area contributed by atoms with Crippen LogP contribution in [0.1, 0.15) is 19.2 Å². The summed E-state index contributed by atoms with van der Waals surface area (Å²) in [6.45, 7) is 2.28. The molecule has 2 aromatic rings. The van der Waals surface area contributed by atoms with Gasteiger partial charge in [0, 0.05) is 19.5 Å². The summed E-state index contributed by atoms with van der Waals surface area (Å²) in [6, 6.07) is 9.84. The van der Waals surface area contributed by atoms with Crippen LogP contribution in [0, 0.1) is 0 Å². The summed E-state index contributed by atoms with van der Waals surface area (Å²) in [5.41, 5.74) is 7.67. The summed E-state index contributed by atoms with van der Waals surface area (Å²) in [7, 11) is 1.76. The minimum atomic E-state index is -0.124. The van der Waals surface area contributed by atoms with E-state index < -0.39 is 0 Å². The highest BCUT2D eigenvalue weighted by Gasteiger charge is 2.13. The highest BCUT2D eigenvalue weighted by molar-refractivity contribution is 5.76. The van der Waals surface area contributed by atoms with E-state index in [1.54, 1.807) is 18.1 Å². The van der Waals surface area contributed by atoms with Gasteiger partial charge in [-0.05, 0) is 12.5 Å². The molecule has 1 aromatic heterocycles. The largest absolute Gasteiger partial charge is 0.341 e. The van der Waals surface area contributed by atoms with Crippen molar-refractivity contribution < 1.29 is 4.79 Å². The minimum Gasteiger partial charge on any atom is -0.341 e. The van der Waals surface area contributed by atoms with Crippen molar-refractivity contribution in [2.45, 2.75) is 25.9 Å². The lowest BCUT2D eigenvalue weighted by molar-refractivity contribution is -0.130. The fraction of sp³-hybridized carbons (Fsp3) is 0.333. The van der Waals surface area contributed by atoms with E-state index >= 15 is 0 Å². The number of H-pyrrole nitrogens is 1. The van der Waals surface area contributed by atoms with Crippen LogP contribution in [0.2, 0.25) is 0 Å². The molecular formula is C15H20N4O. The molecule has 1 aromatic carbocycles. The van der Waals surface area contributed by atoms with E-state index in [0.29, 0.717) is 13.0 Å². The van der Waals surface area contributed by atoms with Crippen LogP contribution >= 0.6 is 0 Å². The first-order valence-electron chi connectivity index (χ1n) is 6.65. The molecule has 0 aliphatic carbocycles. The van der Waals surface area contributed by atoms with Gasteiger partial charge in [-0.1, -0.05) is 30.3 Å². The first kappa shape index (κ1) is 14.3. The van der Waals surface area contributed by atoms with Gasteiger partial charge in [-0.25, -0.2) is 4.98 Å². The predicted octanol–water partition coefficient (Wildman–Crippen LogP) is 1.77. The molecule has 0 aliphatic rings. The van der Waals surface area contributed by atoms with Gasteiger partial charge in [-0.15, -0.1) is 0 Å². The van der Waals surface area contributed by atoms with E-state index in [4.69, 9.17) is 5.73 Å². The number of imidazole rings is 1. The second-order valence-electron chi connectivity index (χ2n) is 5.04. The second-order valence-corrected chi connectivity index (χ2v) is 5.04. The number of nitrogens with two attached hydrogens (primary N) is 1. The number of carbonyl (C=O) groups is 1. The van der Waals surface area contributed by atoms with Gasteiger partial charge in [0.25, 0.3) is 0 Å². The first-order valence-corrected chi connectivity index (χ1v) is 6.65. The Morgan fingerprint density at radius 1 is 1.40 bits per heavy atom. The van der Waals surface area contributed by atoms with Crippen LogP contribution in [0.5, 0.6) is 0 Å². The number of nitrogens with zero attached hydrogens (tertiary/aromatic N) is 2. The highest BCUT2D eigenvalue weighted by Crippen LogP contribution is 2.16. The Morgan fingerprint density at radius 2 is 2.10 bits per heavy atom. The Hall–Kier alpha value is -2.14. The van der Waals surface area contributed by atoms with Crippen LogP contribution in [0.3, 0.4) is 0 Å². The molecule has 106 valence electrons. The third-order valence-electron chi connectivity index (χ3n) is 3.02. The maximum atomic E-state index is 11.8. The molecule has 0 saturated heterocycles. The highest BCUT2D eigenvalue weighted by atomic mass is 16.2. The van der Waals surface area contributed by atoms with Gasteiger partial charge in [-0.3, -0.25) is 4.79 Å².